The first-order chi connectivity index (χ1) is 12.9. The molecule has 4 rings (SSSR count). The lowest BCUT2D eigenvalue weighted by atomic mass is 9.86. The second kappa shape index (κ2) is 7.28. The number of alkyl halides is 1. The number of aryl methyl sites for hydroxylation is 1. The van der Waals surface area contributed by atoms with Crippen molar-refractivity contribution in [2.45, 2.75) is 54.2 Å². The van der Waals surface area contributed by atoms with Gasteiger partial charge in [-0.2, -0.15) is 0 Å². The summed E-state index contributed by atoms with van der Waals surface area (Å²) in [6.45, 7) is 2.40. The van der Waals surface area contributed by atoms with E-state index in [2.05, 4.69) is 6.07 Å². The van der Waals surface area contributed by atoms with Crippen LogP contribution in [0.15, 0.2) is 52.3 Å². The highest BCUT2D eigenvalue weighted by Gasteiger charge is 2.37. The number of rotatable bonds is 3. The van der Waals surface area contributed by atoms with Crippen molar-refractivity contribution in [2.75, 3.05) is 18.6 Å². The van der Waals surface area contributed by atoms with Gasteiger partial charge in [-0.05, 0) is 54.8 Å². The van der Waals surface area contributed by atoms with Gasteiger partial charge in [0.25, 0.3) is 0 Å². The van der Waals surface area contributed by atoms with Gasteiger partial charge in [-0.15, -0.1) is 0 Å². The third-order valence-corrected chi connectivity index (χ3v) is 6.47. The Bertz CT molecular complexity index is 871. The average molecular weight is 386 g/mol. The Kier molecular flexibility index (Phi) is 4.99. The summed E-state index contributed by atoms with van der Waals surface area (Å²) < 4.78 is 21.0. The number of ether oxygens (including phenoxy) is 1. The van der Waals surface area contributed by atoms with E-state index in [4.69, 9.17) is 4.74 Å². The lowest BCUT2D eigenvalue weighted by molar-refractivity contribution is -0.118. The highest BCUT2D eigenvalue weighted by atomic mass is 32.2. The highest BCUT2D eigenvalue weighted by molar-refractivity contribution is 7.99. The minimum atomic E-state index is -1.31. The van der Waals surface area contributed by atoms with Crippen molar-refractivity contribution < 1.29 is 13.9 Å². The number of hydrogen-bond acceptors (Lipinski definition) is 3. The maximum absolute atomic E-state index is 15.5. The van der Waals surface area contributed by atoms with Crippen molar-refractivity contribution in [3.63, 3.8) is 0 Å². The molecule has 2 aliphatic rings. The molecule has 1 saturated heterocycles. The molecule has 3 nitrogen and oxygen atoms in total. The number of benzene rings is 2. The van der Waals surface area contributed by atoms with E-state index >= 15 is 4.39 Å². The monoisotopic (exact) mass is 385 g/mol. The summed E-state index contributed by atoms with van der Waals surface area (Å²) in [7, 11) is 1.83. The van der Waals surface area contributed by atoms with Gasteiger partial charge >= 0.3 is 0 Å². The van der Waals surface area contributed by atoms with Crippen LogP contribution in [0.5, 0.6) is 0 Å². The maximum Gasteiger partial charge on any atom is 0.227 e. The molecular weight excluding hydrogens is 361 g/mol. The van der Waals surface area contributed by atoms with Crippen LogP contribution < -0.4 is 4.90 Å². The fourth-order valence-electron chi connectivity index (χ4n) is 3.97. The topological polar surface area (TPSA) is 29.5 Å². The molecule has 2 aromatic carbocycles. The first-order valence-corrected chi connectivity index (χ1v) is 10.2. The second-order valence-corrected chi connectivity index (χ2v) is 8.62. The molecule has 0 aliphatic carbocycles. The van der Waals surface area contributed by atoms with E-state index in [0.29, 0.717) is 25.9 Å². The summed E-state index contributed by atoms with van der Waals surface area (Å²) >= 11 is 1.64. The molecule has 0 aromatic heterocycles. The van der Waals surface area contributed by atoms with E-state index < -0.39 is 5.67 Å². The Balaban J connectivity index is 1.56. The van der Waals surface area contributed by atoms with Crippen LogP contribution in [0.1, 0.15) is 37.3 Å². The van der Waals surface area contributed by atoms with Gasteiger partial charge in [-0.25, -0.2) is 4.39 Å². The molecule has 2 aliphatic heterocycles. The van der Waals surface area contributed by atoms with Gasteiger partial charge in [0.15, 0.2) is 0 Å². The minimum absolute atomic E-state index is 0.0552. The second-order valence-electron chi connectivity index (χ2n) is 7.47. The van der Waals surface area contributed by atoms with Crippen molar-refractivity contribution >= 4 is 23.4 Å². The highest BCUT2D eigenvalue weighted by Crippen LogP contribution is 2.41. The van der Waals surface area contributed by atoms with Crippen LogP contribution in [0, 0.1) is 0 Å². The minimum Gasteiger partial charge on any atom is -0.378 e. The number of nitrogens with zero attached hydrogens (tertiary/aromatic N) is 1. The molecule has 0 saturated carbocycles. The SMILES string of the molecule is C[C@H]1CC(F)(c2cccc(Sc3ccc4c(c3)CCC(=O)N4C)c2)CCO1. The van der Waals surface area contributed by atoms with E-state index in [0.717, 1.165) is 27.5 Å². The fraction of sp³-hybridized carbons (Fsp3) is 0.409. The Hall–Kier alpha value is -1.85. The van der Waals surface area contributed by atoms with Gasteiger partial charge in [0.2, 0.25) is 5.91 Å². The van der Waals surface area contributed by atoms with E-state index in [-0.39, 0.29) is 12.0 Å². The van der Waals surface area contributed by atoms with Gasteiger partial charge in [0.1, 0.15) is 5.67 Å². The molecule has 5 heteroatoms. The third kappa shape index (κ3) is 3.76. The van der Waals surface area contributed by atoms with Gasteiger partial charge < -0.3 is 9.64 Å². The molecule has 1 unspecified atom stereocenters. The van der Waals surface area contributed by atoms with Crippen LogP contribution in [0.3, 0.4) is 0 Å². The third-order valence-electron chi connectivity index (χ3n) is 5.49. The fourth-order valence-corrected chi connectivity index (χ4v) is 4.91. The molecule has 0 radical (unpaired) electrons. The van der Waals surface area contributed by atoms with Crippen molar-refractivity contribution in [3.05, 3.63) is 53.6 Å². The Morgan fingerprint density at radius 2 is 2.00 bits per heavy atom. The van der Waals surface area contributed by atoms with E-state index in [1.807, 2.05) is 50.4 Å². The standard InChI is InChI=1S/C22H24FNO2S/c1-15-14-22(23,10-11-26-15)17-4-3-5-18(13-17)27-19-7-8-20-16(12-19)6-9-21(25)24(20)2/h3-5,7-8,12-13,15H,6,9-11,14H2,1-2H3/t15-,22?/m0/s1. The number of carbonyl (C=O) groups excluding carboxylic acids is 1. The molecule has 27 heavy (non-hydrogen) atoms. The normalized spacial score (nSPS) is 25.4. The molecule has 0 spiro atoms. The summed E-state index contributed by atoms with van der Waals surface area (Å²) in [4.78, 5) is 15.7. The Labute approximate surface area is 163 Å². The van der Waals surface area contributed by atoms with Crippen molar-refractivity contribution in [1.82, 2.24) is 0 Å². The first kappa shape index (κ1) is 18.5. The number of fused-ring (bicyclic) bond motifs is 1. The van der Waals surface area contributed by atoms with Crippen LogP contribution in [0.2, 0.25) is 0 Å². The van der Waals surface area contributed by atoms with E-state index in [1.165, 1.54) is 5.56 Å². The van der Waals surface area contributed by atoms with Crippen LogP contribution in [-0.4, -0.2) is 25.7 Å². The summed E-state index contributed by atoms with van der Waals surface area (Å²) in [5, 5.41) is 0. The van der Waals surface area contributed by atoms with Crippen molar-refractivity contribution in [1.29, 1.82) is 0 Å². The number of carbonyl (C=O) groups is 1. The number of halogens is 1. The quantitative estimate of drug-likeness (QED) is 0.735. The van der Waals surface area contributed by atoms with Crippen LogP contribution in [-0.2, 0) is 21.6 Å². The van der Waals surface area contributed by atoms with Gasteiger partial charge in [0, 0.05) is 41.8 Å². The van der Waals surface area contributed by atoms with Crippen LogP contribution >= 0.6 is 11.8 Å². The van der Waals surface area contributed by atoms with E-state index in [9.17, 15) is 4.79 Å². The maximum atomic E-state index is 15.5. The molecule has 0 N–H and O–H groups in total. The molecule has 2 aromatic rings. The predicted molar refractivity (Wildman–Crippen MR) is 106 cm³/mol. The molecule has 142 valence electrons. The average Bonchev–Trinajstić information content (AvgIpc) is 2.65. The zero-order chi connectivity index (χ0) is 19.0. The molecule has 2 heterocycles. The van der Waals surface area contributed by atoms with Gasteiger partial charge in [-0.3, -0.25) is 4.79 Å². The van der Waals surface area contributed by atoms with E-state index in [1.54, 1.807) is 16.7 Å². The lowest BCUT2D eigenvalue weighted by Gasteiger charge is -2.34. The van der Waals surface area contributed by atoms with Crippen molar-refractivity contribution in [2.24, 2.45) is 0 Å². The summed E-state index contributed by atoms with van der Waals surface area (Å²) in [5.74, 6) is 0.162. The predicted octanol–water partition coefficient (Wildman–Crippen LogP) is 5.11. The molecule has 1 amide bonds. The summed E-state index contributed by atoms with van der Waals surface area (Å²) in [5.41, 5.74) is 1.61. The largest absolute Gasteiger partial charge is 0.378 e. The number of hydrogen-bond donors (Lipinski definition) is 0. The van der Waals surface area contributed by atoms with Crippen molar-refractivity contribution in [3.8, 4) is 0 Å². The van der Waals surface area contributed by atoms with Gasteiger partial charge in [-0.1, -0.05) is 23.9 Å². The lowest BCUT2D eigenvalue weighted by Crippen LogP contribution is -2.33. The summed E-state index contributed by atoms with van der Waals surface area (Å²) in [6.07, 6.45) is 2.08. The zero-order valence-corrected chi connectivity index (χ0v) is 16.5. The number of amides is 1. The Morgan fingerprint density at radius 1 is 1.19 bits per heavy atom. The number of anilines is 1. The molecular formula is C22H24FNO2S. The Morgan fingerprint density at radius 3 is 2.81 bits per heavy atom. The van der Waals surface area contributed by atoms with Crippen LogP contribution in [0.4, 0.5) is 10.1 Å². The van der Waals surface area contributed by atoms with Gasteiger partial charge in [0.05, 0.1) is 12.7 Å². The summed E-state index contributed by atoms with van der Waals surface area (Å²) in [6, 6.07) is 14.0. The zero-order valence-electron chi connectivity index (χ0n) is 15.7. The molecule has 1 fully saturated rings. The smallest absolute Gasteiger partial charge is 0.227 e. The molecule has 2 atom stereocenters. The molecule has 0 bridgehead atoms. The first-order valence-electron chi connectivity index (χ1n) is 9.43. The van der Waals surface area contributed by atoms with Crippen LogP contribution in [0.25, 0.3) is 0 Å².